The summed E-state index contributed by atoms with van der Waals surface area (Å²) in [5.41, 5.74) is 9.13. The Morgan fingerprint density at radius 3 is 2.66 bits per heavy atom. The minimum atomic E-state index is -0.386. The molecule has 2 N–H and O–H groups in total. The molecule has 0 unspecified atom stereocenters. The zero-order chi connectivity index (χ0) is 20.2. The molecule has 0 saturated carbocycles. The van der Waals surface area contributed by atoms with Gasteiger partial charge < -0.3 is 10.6 Å². The number of hydrogen-bond acceptors (Lipinski definition) is 5. The van der Waals surface area contributed by atoms with E-state index in [2.05, 4.69) is 14.9 Å². The molecular formula is C23H23FN4O. The number of rotatable bonds is 5. The molecule has 0 spiro atoms. The molecule has 0 bridgehead atoms. The van der Waals surface area contributed by atoms with Gasteiger partial charge in [-0.25, -0.2) is 9.37 Å². The number of hydrogen-bond donors (Lipinski definition) is 1. The first-order valence-electron chi connectivity index (χ1n) is 9.86. The first kappa shape index (κ1) is 19.1. The van der Waals surface area contributed by atoms with Crippen LogP contribution in [0.25, 0.3) is 11.3 Å². The smallest absolute Gasteiger partial charge is 0.187 e. The van der Waals surface area contributed by atoms with Gasteiger partial charge in [-0.3, -0.25) is 9.78 Å². The molecule has 1 fully saturated rings. The summed E-state index contributed by atoms with van der Waals surface area (Å²) < 4.78 is 14.1. The maximum Gasteiger partial charge on any atom is 0.187 e. The van der Waals surface area contributed by atoms with E-state index in [1.807, 2.05) is 6.07 Å². The minimum absolute atomic E-state index is 0.150. The van der Waals surface area contributed by atoms with Gasteiger partial charge in [0.2, 0.25) is 0 Å². The number of nitrogens with two attached hydrogens (primary N) is 1. The molecule has 29 heavy (non-hydrogen) atoms. The second-order valence-electron chi connectivity index (χ2n) is 7.27. The Morgan fingerprint density at radius 1 is 1.07 bits per heavy atom. The van der Waals surface area contributed by atoms with Crippen molar-refractivity contribution in [2.75, 3.05) is 23.7 Å². The number of nitrogens with zero attached hydrogens (tertiary/aromatic N) is 3. The maximum absolute atomic E-state index is 14.1. The van der Waals surface area contributed by atoms with Crippen LogP contribution in [-0.4, -0.2) is 28.8 Å². The fourth-order valence-electron chi connectivity index (χ4n) is 3.77. The molecular weight excluding hydrogens is 367 g/mol. The number of halogens is 1. The van der Waals surface area contributed by atoms with E-state index in [1.54, 1.807) is 42.7 Å². The molecule has 6 heteroatoms. The van der Waals surface area contributed by atoms with E-state index < -0.39 is 0 Å². The molecule has 148 valence electrons. The lowest BCUT2D eigenvalue weighted by molar-refractivity contribution is 0.0989. The monoisotopic (exact) mass is 390 g/mol. The molecule has 2 aromatic heterocycles. The molecule has 4 rings (SSSR count). The Balaban J connectivity index is 1.63. The van der Waals surface area contributed by atoms with Crippen molar-refractivity contribution in [3.8, 4) is 11.3 Å². The van der Waals surface area contributed by atoms with Crippen LogP contribution in [0.5, 0.6) is 0 Å². The highest BCUT2D eigenvalue weighted by molar-refractivity contribution is 6.01. The van der Waals surface area contributed by atoms with Crippen molar-refractivity contribution in [2.45, 2.75) is 25.7 Å². The molecule has 1 aliphatic heterocycles. The van der Waals surface area contributed by atoms with Crippen molar-refractivity contribution in [3.05, 3.63) is 71.9 Å². The van der Waals surface area contributed by atoms with Crippen LogP contribution >= 0.6 is 0 Å². The van der Waals surface area contributed by atoms with Crippen molar-refractivity contribution in [1.29, 1.82) is 0 Å². The number of carbonyl (C=O) groups is 1. The van der Waals surface area contributed by atoms with Crippen LogP contribution < -0.4 is 10.6 Å². The number of ketones is 1. The Labute approximate surface area is 169 Å². The highest BCUT2D eigenvalue weighted by Gasteiger charge is 2.20. The number of pyridine rings is 2. The average Bonchev–Trinajstić information content (AvgIpc) is 2.75. The minimum Gasteiger partial charge on any atom is -0.397 e. The largest absolute Gasteiger partial charge is 0.397 e. The van der Waals surface area contributed by atoms with E-state index in [4.69, 9.17) is 5.73 Å². The summed E-state index contributed by atoms with van der Waals surface area (Å²) in [6.45, 7) is 1.96. The average molecular weight is 390 g/mol. The lowest BCUT2D eigenvalue weighted by Crippen LogP contribution is -2.30. The van der Waals surface area contributed by atoms with E-state index in [-0.39, 0.29) is 23.7 Å². The van der Waals surface area contributed by atoms with Gasteiger partial charge in [-0.05, 0) is 49.6 Å². The van der Waals surface area contributed by atoms with Crippen LogP contribution in [0.1, 0.15) is 35.3 Å². The molecule has 1 aliphatic rings. The number of benzene rings is 1. The highest BCUT2D eigenvalue weighted by atomic mass is 19.1. The summed E-state index contributed by atoms with van der Waals surface area (Å²) in [4.78, 5) is 24.0. The zero-order valence-corrected chi connectivity index (χ0v) is 16.1. The van der Waals surface area contributed by atoms with Gasteiger partial charge in [0.05, 0.1) is 11.4 Å². The summed E-state index contributed by atoms with van der Waals surface area (Å²) in [6.07, 6.45) is 7.17. The fourth-order valence-corrected chi connectivity index (χ4v) is 3.77. The van der Waals surface area contributed by atoms with E-state index in [1.165, 1.54) is 12.5 Å². The number of carbonyl (C=O) groups excluding carboxylic acids is 1. The Morgan fingerprint density at radius 2 is 1.86 bits per heavy atom. The molecule has 3 heterocycles. The quantitative estimate of drug-likeness (QED) is 0.659. The van der Waals surface area contributed by atoms with Gasteiger partial charge in [-0.15, -0.1) is 0 Å². The van der Waals surface area contributed by atoms with Gasteiger partial charge in [-0.2, -0.15) is 0 Å². The number of anilines is 2. The SMILES string of the molecule is Nc1ccc(-c2ccccc2F)nc1C(=O)Cc1cnccc1N1CCCCC1. The molecule has 1 aromatic carbocycles. The zero-order valence-electron chi connectivity index (χ0n) is 16.1. The topological polar surface area (TPSA) is 72.1 Å². The van der Waals surface area contributed by atoms with Crippen molar-refractivity contribution in [1.82, 2.24) is 9.97 Å². The standard InChI is InChI=1S/C23H23FN4O/c24-18-7-3-2-6-17(18)20-9-8-19(25)23(27-20)22(29)14-16-15-26-11-10-21(16)28-12-4-1-5-13-28/h2-3,6-11,15H,1,4-5,12-14,25H2. The molecule has 0 aliphatic carbocycles. The predicted octanol–water partition coefficient (Wildman–Crippen LogP) is 4.28. The van der Waals surface area contributed by atoms with Crippen LogP contribution in [0.2, 0.25) is 0 Å². The number of Topliss-reactive ketones (excluding diaryl/α,β-unsaturated/α-hetero) is 1. The first-order chi connectivity index (χ1) is 14.1. The van der Waals surface area contributed by atoms with Gasteiger partial charge in [0.25, 0.3) is 0 Å². The van der Waals surface area contributed by atoms with Gasteiger partial charge >= 0.3 is 0 Å². The second kappa shape index (κ2) is 8.39. The van der Waals surface area contributed by atoms with Gasteiger partial charge in [0.1, 0.15) is 11.5 Å². The van der Waals surface area contributed by atoms with Crippen LogP contribution in [0.4, 0.5) is 15.8 Å². The summed E-state index contributed by atoms with van der Waals surface area (Å²) in [5.74, 6) is -0.588. The molecule has 3 aromatic rings. The highest BCUT2D eigenvalue weighted by Crippen LogP contribution is 2.27. The van der Waals surface area contributed by atoms with Crippen LogP contribution in [-0.2, 0) is 6.42 Å². The predicted molar refractivity (Wildman–Crippen MR) is 112 cm³/mol. The van der Waals surface area contributed by atoms with Gasteiger partial charge in [0, 0.05) is 48.7 Å². The summed E-state index contributed by atoms with van der Waals surface area (Å²) >= 11 is 0. The third-order valence-electron chi connectivity index (χ3n) is 5.27. The van der Waals surface area contributed by atoms with Crippen molar-refractivity contribution < 1.29 is 9.18 Å². The lowest BCUT2D eigenvalue weighted by atomic mass is 10.0. The Hall–Kier alpha value is -3.28. The fraction of sp³-hybridized carbons (Fsp3) is 0.261. The molecule has 0 atom stereocenters. The molecule has 1 saturated heterocycles. The van der Waals surface area contributed by atoms with Gasteiger partial charge in [-0.1, -0.05) is 12.1 Å². The van der Waals surface area contributed by atoms with Crippen molar-refractivity contribution in [3.63, 3.8) is 0 Å². The van der Waals surface area contributed by atoms with Crippen molar-refractivity contribution >= 4 is 17.2 Å². The van der Waals surface area contributed by atoms with E-state index in [0.717, 1.165) is 37.2 Å². The van der Waals surface area contributed by atoms with Crippen LogP contribution in [0.15, 0.2) is 54.9 Å². The van der Waals surface area contributed by atoms with Gasteiger partial charge in [0.15, 0.2) is 5.78 Å². The van der Waals surface area contributed by atoms with Crippen LogP contribution in [0, 0.1) is 5.82 Å². The normalized spacial score (nSPS) is 14.0. The second-order valence-corrected chi connectivity index (χ2v) is 7.27. The number of aromatic nitrogens is 2. The van der Waals surface area contributed by atoms with E-state index in [9.17, 15) is 9.18 Å². The lowest BCUT2D eigenvalue weighted by Gasteiger charge is -2.30. The van der Waals surface area contributed by atoms with Crippen LogP contribution in [0.3, 0.4) is 0 Å². The Bertz CT molecular complexity index is 1030. The maximum atomic E-state index is 14.1. The summed E-state index contributed by atoms with van der Waals surface area (Å²) in [6, 6.07) is 11.6. The summed E-state index contributed by atoms with van der Waals surface area (Å²) in [7, 11) is 0. The Kier molecular flexibility index (Phi) is 5.51. The third kappa shape index (κ3) is 4.11. The third-order valence-corrected chi connectivity index (χ3v) is 5.27. The number of nitrogen functional groups attached to an aromatic ring is 1. The number of piperidine rings is 1. The summed E-state index contributed by atoms with van der Waals surface area (Å²) in [5, 5.41) is 0. The van der Waals surface area contributed by atoms with Crippen molar-refractivity contribution in [2.24, 2.45) is 0 Å². The molecule has 0 amide bonds. The molecule has 0 radical (unpaired) electrons. The molecule has 5 nitrogen and oxygen atoms in total. The van der Waals surface area contributed by atoms with E-state index in [0.29, 0.717) is 16.9 Å². The first-order valence-corrected chi connectivity index (χ1v) is 9.86. The van der Waals surface area contributed by atoms with E-state index >= 15 is 0 Å².